The summed E-state index contributed by atoms with van der Waals surface area (Å²) in [5.74, 6) is 0.697. The van der Waals surface area contributed by atoms with Crippen LogP contribution in [0.1, 0.15) is 31.7 Å². The molecule has 0 bridgehead atoms. The molecule has 1 aromatic rings. The minimum Gasteiger partial charge on any atom is -0.342 e. The lowest BCUT2D eigenvalue weighted by molar-refractivity contribution is -0.137. The van der Waals surface area contributed by atoms with E-state index in [0.29, 0.717) is 18.9 Å². The van der Waals surface area contributed by atoms with E-state index < -0.39 is 0 Å². The number of carbonyl (C=O) groups is 2. The maximum absolute atomic E-state index is 12.9. The number of aryl methyl sites for hydroxylation is 1. The SMILES string of the molecule is CCc1ccccc1N1CC(C(=O)N2CCC(CNC)CC2)CC1=O. The maximum atomic E-state index is 12.9. The van der Waals surface area contributed by atoms with Crippen LogP contribution in [0.15, 0.2) is 24.3 Å². The Bertz CT molecular complexity index is 623. The van der Waals surface area contributed by atoms with E-state index in [-0.39, 0.29) is 17.7 Å². The number of carbonyl (C=O) groups excluding carboxylic acids is 2. The molecular weight excluding hydrogens is 314 g/mol. The van der Waals surface area contributed by atoms with E-state index in [1.54, 1.807) is 0 Å². The number of para-hydroxylation sites is 1. The topological polar surface area (TPSA) is 52.7 Å². The lowest BCUT2D eigenvalue weighted by Gasteiger charge is -2.33. The summed E-state index contributed by atoms with van der Waals surface area (Å²) in [6.45, 7) is 5.27. The first kappa shape index (κ1) is 17.9. The van der Waals surface area contributed by atoms with Crippen LogP contribution in [0.4, 0.5) is 5.69 Å². The number of hydrogen-bond donors (Lipinski definition) is 1. The second-order valence-corrected chi connectivity index (χ2v) is 7.21. The lowest BCUT2D eigenvalue weighted by atomic mass is 9.95. The van der Waals surface area contributed by atoms with Crippen LogP contribution in [0.25, 0.3) is 0 Å². The molecule has 2 saturated heterocycles. The number of benzene rings is 1. The van der Waals surface area contributed by atoms with Crippen molar-refractivity contribution in [1.82, 2.24) is 10.2 Å². The molecule has 1 unspecified atom stereocenters. The fourth-order valence-electron chi connectivity index (χ4n) is 4.08. The lowest BCUT2D eigenvalue weighted by Crippen LogP contribution is -2.43. The van der Waals surface area contributed by atoms with Crippen LogP contribution in [0.3, 0.4) is 0 Å². The van der Waals surface area contributed by atoms with Crippen molar-refractivity contribution in [2.45, 2.75) is 32.6 Å². The molecule has 3 rings (SSSR count). The number of piperidine rings is 1. The van der Waals surface area contributed by atoms with E-state index in [2.05, 4.69) is 18.3 Å². The summed E-state index contributed by atoms with van der Waals surface area (Å²) in [6.07, 6.45) is 3.33. The molecule has 1 aromatic carbocycles. The fraction of sp³-hybridized carbons (Fsp3) is 0.600. The van der Waals surface area contributed by atoms with Crippen LogP contribution in [0, 0.1) is 11.8 Å². The van der Waals surface area contributed by atoms with Crippen LogP contribution < -0.4 is 10.2 Å². The molecular formula is C20H29N3O2. The normalized spacial score (nSPS) is 21.8. The van der Waals surface area contributed by atoms with E-state index >= 15 is 0 Å². The molecule has 2 aliphatic heterocycles. The molecule has 1 N–H and O–H groups in total. The summed E-state index contributed by atoms with van der Waals surface area (Å²) in [7, 11) is 1.98. The molecule has 136 valence electrons. The third-order valence-electron chi connectivity index (χ3n) is 5.56. The van der Waals surface area contributed by atoms with E-state index in [1.165, 1.54) is 0 Å². The van der Waals surface area contributed by atoms with E-state index in [0.717, 1.165) is 50.1 Å². The third-order valence-corrected chi connectivity index (χ3v) is 5.56. The van der Waals surface area contributed by atoms with Crippen LogP contribution >= 0.6 is 0 Å². The molecule has 25 heavy (non-hydrogen) atoms. The summed E-state index contributed by atoms with van der Waals surface area (Å²) >= 11 is 0. The highest BCUT2D eigenvalue weighted by Gasteiger charge is 2.38. The van der Waals surface area contributed by atoms with Gasteiger partial charge in [0.15, 0.2) is 0 Å². The Hall–Kier alpha value is -1.88. The summed E-state index contributed by atoms with van der Waals surface area (Å²) in [4.78, 5) is 29.2. The van der Waals surface area contributed by atoms with Gasteiger partial charge < -0.3 is 15.1 Å². The standard InChI is InChI=1S/C20H29N3O2/c1-3-16-6-4-5-7-18(16)23-14-17(12-19(23)24)20(25)22-10-8-15(9-11-22)13-21-2/h4-7,15,17,21H,3,8-14H2,1-2H3. The zero-order chi connectivity index (χ0) is 17.8. The highest BCUT2D eigenvalue weighted by Crippen LogP contribution is 2.30. The van der Waals surface area contributed by atoms with Crippen molar-refractivity contribution in [2.75, 3.05) is 38.1 Å². The van der Waals surface area contributed by atoms with Crippen LogP contribution in [0.2, 0.25) is 0 Å². The Morgan fingerprint density at radius 1 is 1.24 bits per heavy atom. The highest BCUT2D eigenvalue weighted by molar-refractivity contribution is 6.00. The largest absolute Gasteiger partial charge is 0.342 e. The average molecular weight is 343 g/mol. The number of nitrogens with zero attached hydrogens (tertiary/aromatic N) is 2. The number of nitrogens with one attached hydrogen (secondary N) is 1. The van der Waals surface area contributed by atoms with Gasteiger partial charge in [0.05, 0.1) is 5.92 Å². The molecule has 2 heterocycles. The predicted octanol–water partition coefficient (Wildman–Crippen LogP) is 2.06. The first-order valence-electron chi connectivity index (χ1n) is 9.45. The van der Waals surface area contributed by atoms with Crippen LogP contribution in [-0.2, 0) is 16.0 Å². The summed E-state index contributed by atoms with van der Waals surface area (Å²) in [6, 6.07) is 8.02. The Kier molecular flexibility index (Phi) is 5.74. The van der Waals surface area contributed by atoms with Crippen molar-refractivity contribution in [2.24, 2.45) is 11.8 Å². The van der Waals surface area contributed by atoms with Gasteiger partial charge in [-0.1, -0.05) is 25.1 Å². The Morgan fingerprint density at radius 2 is 1.96 bits per heavy atom. The maximum Gasteiger partial charge on any atom is 0.228 e. The van der Waals surface area contributed by atoms with E-state index in [1.807, 2.05) is 35.0 Å². The minimum absolute atomic E-state index is 0.0734. The average Bonchev–Trinajstić information content (AvgIpc) is 3.03. The van der Waals surface area contributed by atoms with Crippen molar-refractivity contribution < 1.29 is 9.59 Å². The van der Waals surface area contributed by atoms with Gasteiger partial charge in [0, 0.05) is 31.7 Å². The molecule has 2 amide bonds. The third kappa shape index (κ3) is 3.87. The van der Waals surface area contributed by atoms with Crippen molar-refractivity contribution in [1.29, 1.82) is 0 Å². The highest BCUT2D eigenvalue weighted by atomic mass is 16.2. The Morgan fingerprint density at radius 3 is 2.64 bits per heavy atom. The monoisotopic (exact) mass is 343 g/mol. The predicted molar refractivity (Wildman–Crippen MR) is 99.5 cm³/mol. The summed E-state index contributed by atoms with van der Waals surface area (Å²) < 4.78 is 0. The zero-order valence-electron chi connectivity index (χ0n) is 15.3. The Labute approximate surface area is 150 Å². The number of rotatable bonds is 5. The van der Waals surface area contributed by atoms with Gasteiger partial charge in [0.25, 0.3) is 0 Å². The van der Waals surface area contributed by atoms with Gasteiger partial charge in [-0.3, -0.25) is 9.59 Å². The molecule has 5 nitrogen and oxygen atoms in total. The molecule has 1 atom stereocenters. The molecule has 0 radical (unpaired) electrons. The van der Waals surface area contributed by atoms with Crippen molar-refractivity contribution >= 4 is 17.5 Å². The zero-order valence-corrected chi connectivity index (χ0v) is 15.3. The first-order chi connectivity index (χ1) is 12.1. The van der Waals surface area contributed by atoms with E-state index in [9.17, 15) is 9.59 Å². The Balaban J connectivity index is 1.63. The first-order valence-corrected chi connectivity index (χ1v) is 9.45. The molecule has 0 aliphatic carbocycles. The van der Waals surface area contributed by atoms with Gasteiger partial charge in [-0.25, -0.2) is 0 Å². The summed E-state index contributed by atoms with van der Waals surface area (Å²) in [5.41, 5.74) is 2.13. The molecule has 2 aliphatic rings. The number of likely N-dealkylation sites (tertiary alicyclic amines) is 1. The second-order valence-electron chi connectivity index (χ2n) is 7.21. The van der Waals surface area contributed by atoms with Gasteiger partial charge in [-0.2, -0.15) is 0 Å². The molecule has 5 heteroatoms. The summed E-state index contributed by atoms with van der Waals surface area (Å²) in [5, 5.41) is 3.22. The van der Waals surface area contributed by atoms with Crippen molar-refractivity contribution in [3.63, 3.8) is 0 Å². The minimum atomic E-state index is -0.196. The van der Waals surface area contributed by atoms with Gasteiger partial charge >= 0.3 is 0 Å². The van der Waals surface area contributed by atoms with E-state index in [4.69, 9.17) is 0 Å². The second kappa shape index (κ2) is 8.00. The number of hydrogen-bond acceptors (Lipinski definition) is 3. The molecule has 2 fully saturated rings. The van der Waals surface area contributed by atoms with Crippen molar-refractivity contribution in [3.05, 3.63) is 29.8 Å². The van der Waals surface area contributed by atoms with Gasteiger partial charge in [-0.05, 0) is 50.4 Å². The smallest absolute Gasteiger partial charge is 0.228 e. The van der Waals surface area contributed by atoms with Crippen LogP contribution in [0.5, 0.6) is 0 Å². The van der Waals surface area contributed by atoms with Gasteiger partial charge in [0.1, 0.15) is 0 Å². The van der Waals surface area contributed by atoms with Crippen LogP contribution in [-0.4, -0.2) is 49.9 Å². The number of amides is 2. The van der Waals surface area contributed by atoms with Crippen molar-refractivity contribution in [3.8, 4) is 0 Å². The van der Waals surface area contributed by atoms with Gasteiger partial charge in [0.2, 0.25) is 11.8 Å². The quantitative estimate of drug-likeness (QED) is 0.890. The molecule has 0 aromatic heterocycles. The van der Waals surface area contributed by atoms with Gasteiger partial charge in [-0.15, -0.1) is 0 Å². The number of anilines is 1. The molecule has 0 spiro atoms. The molecule has 0 saturated carbocycles. The fourth-order valence-corrected chi connectivity index (χ4v) is 4.08.